The molecule has 0 saturated carbocycles. The first kappa shape index (κ1) is 16.7. The third-order valence-electron chi connectivity index (χ3n) is 3.54. The van der Waals surface area contributed by atoms with Crippen molar-refractivity contribution in [2.75, 3.05) is 4.90 Å². The summed E-state index contributed by atoms with van der Waals surface area (Å²) in [6, 6.07) is 14.8. The van der Waals surface area contributed by atoms with Crippen LogP contribution in [0.3, 0.4) is 0 Å². The van der Waals surface area contributed by atoms with Gasteiger partial charge in [-0.25, -0.2) is 4.39 Å². The molecular weight excluding hydrogens is 339 g/mol. The fraction of sp³-hybridized carbons (Fsp3) is 0. The molecule has 2 amide bonds. The number of allylic oxidation sites excluding steroid dienone is 2. The van der Waals surface area contributed by atoms with Crippen molar-refractivity contribution in [3.05, 3.63) is 83.7 Å². The molecule has 4 nitrogen and oxygen atoms in total. The summed E-state index contributed by atoms with van der Waals surface area (Å²) < 4.78 is 13.1. The lowest BCUT2D eigenvalue weighted by atomic mass is 10.1. The van der Waals surface area contributed by atoms with E-state index in [1.165, 1.54) is 35.2 Å². The zero-order valence-electron chi connectivity index (χ0n) is 13.0. The number of nitrogens with zero attached hydrogens (tertiary/aromatic N) is 1. The molecule has 2 aromatic carbocycles. The maximum Gasteiger partial charge on any atom is 0.270 e. The summed E-state index contributed by atoms with van der Waals surface area (Å²) in [4.78, 5) is 25.9. The molecule has 25 heavy (non-hydrogen) atoms. The van der Waals surface area contributed by atoms with Gasteiger partial charge in [0.25, 0.3) is 11.8 Å². The minimum Gasteiger partial charge on any atom is -0.298 e. The van der Waals surface area contributed by atoms with Crippen molar-refractivity contribution in [1.82, 2.24) is 5.32 Å². The quantitative estimate of drug-likeness (QED) is 0.524. The zero-order valence-corrected chi connectivity index (χ0v) is 13.8. The van der Waals surface area contributed by atoms with E-state index in [4.69, 9.17) is 12.2 Å². The van der Waals surface area contributed by atoms with Crippen molar-refractivity contribution < 1.29 is 14.0 Å². The van der Waals surface area contributed by atoms with Crippen LogP contribution in [0.15, 0.2) is 72.3 Å². The molecular formula is C19H13FN2O2S. The first-order valence-electron chi connectivity index (χ1n) is 7.45. The monoisotopic (exact) mass is 352 g/mol. The molecule has 0 aliphatic carbocycles. The second-order valence-electron chi connectivity index (χ2n) is 5.23. The number of hydrogen-bond donors (Lipinski definition) is 1. The fourth-order valence-corrected chi connectivity index (χ4v) is 2.60. The number of hydrogen-bond acceptors (Lipinski definition) is 3. The molecule has 3 rings (SSSR count). The van der Waals surface area contributed by atoms with Crippen LogP contribution in [0.4, 0.5) is 10.1 Å². The van der Waals surface area contributed by atoms with Gasteiger partial charge in [0.15, 0.2) is 5.11 Å². The number of carbonyl (C=O) groups excluding carboxylic acids is 2. The molecule has 0 unspecified atom stereocenters. The van der Waals surface area contributed by atoms with Gasteiger partial charge in [0.05, 0.1) is 5.69 Å². The molecule has 1 heterocycles. The molecule has 1 aliphatic heterocycles. The molecule has 2 aromatic rings. The minimum absolute atomic E-state index is 0.0363. The third-order valence-corrected chi connectivity index (χ3v) is 3.82. The lowest BCUT2D eigenvalue weighted by Crippen LogP contribution is -2.54. The Balaban J connectivity index is 1.88. The summed E-state index contributed by atoms with van der Waals surface area (Å²) in [6.07, 6.45) is 4.84. The molecule has 124 valence electrons. The van der Waals surface area contributed by atoms with Gasteiger partial charge < -0.3 is 0 Å². The third kappa shape index (κ3) is 3.70. The van der Waals surface area contributed by atoms with Crippen molar-refractivity contribution in [1.29, 1.82) is 0 Å². The maximum absolute atomic E-state index is 13.1. The van der Waals surface area contributed by atoms with Crippen molar-refractivity contribution in [2.45, 2.75) is 0 Å². The zero-order chi connectivity index (χ0) is 17.8. The summed E-state index contributed by atoms with van der Waals surface area (Å²) in [5.41, 5.74) is 1.27. The van der Waals surface area contributed by atoms with Gasteiger partial charge in [-0.2, -0.15) is 0 Å². The van der Waals surface area contributed by atoms with Gasteiger partial charge in [-0.3, -0.25) is 19.8 Å². The Morgan fingerprint density at radius 1 is 1.00 bits per heavy atom. The number of carbonyl (C=O) groups is 2. The number of rotatable bonds is 3. The number of benzene rings is 2. The number of anilines is 1. The average Bonchev–Trinajstić information content (AvgIpc) is 2.60. The predicted octanol–water partition coefficient (Wildman–Crippen LogP) is 3.21. The molecule has 1 fully saturated rings. The van der Waals surface area contributed by atoms with E-state index in [2.05, 4.69) is 5.32 Å². The van der Waals surface area contributed by atoms with E-state index >= 15 is 0 Å². The molecule has 0 aromatic heterocycles. The molecule has 6 heteroatoms. The second-order valence-corrected chi connectivity index (χ2v) is 5.61. The lowest BCUT2D eigenvalue weighted by molar-refractivity contribution is -0.122. The van der Waals surface area contributed by atoms with E-state index < -0.39 is 17.6 Å². The number of halogens is 1. The van der Waals surface area contributed by atoms with Crippen LogP contribution in [0.2, 0.25) is 0 Å². The highest BCUT2D eigenvalue weighted by molar-refractivity contribution is 7.80. The first-order chi connectivity index (χ1) is 12.1. The summed E-state index contributed by atoms with van der Waals surface area (Å²) in [5.74, 6) is -1.55. The average molecular weight is 352 g/mol. The normalized spacial score (nSPS) is 16.6. The number of nitrogens with one attached hydrogen (secondary N) is 1. The fourth-order valence-electron chi connectivity index (χ4n) is 2.32. The Bertz CT molecular complexity index is 889. The second kappa shape index (κ2) is 7.19. The van der Waals surface area contributed by atoms with Crippen LogP contribution < -0.4 is 10.2 Å². The van der Waals surface area contributed by atoms with Gasteiger partial charge >= 0.3 is 0 Å². The Morgan fingerprint density at radius 2 is 1.68 bits per heavy atom. The van der Waals surface area contributed by atoms with Gasteiger partial charge in [0.1, 0.15) is 11.4 Å². The SMILES string of the molecule is O=C1NC(=S)N(c2ccc(F)cc2)C(=O)C1=CC=Cc1ccccc1. The van der Waals surface area contributed by atoms with Crippen LogP contribution >= 0.6 is 12.2 Å². The molecule has 1 saturated heterocycles. The molecule has 0 spiro atoms. The van der Waals surface area contributed by atoms with Gasteiger partial charge in [-0.15, -0.1) is 0 Å². The summed E-state index contributed by atoms with van der Waals surface area (Å²) in [5, 5.41) is 2.44. The van der Waals surface area contributed by atoms with E-state index in [1.54, 1.807) is 12.2 Å². The molecule has 0 atom stereocenters. The van der Waals surface area contributed by atoms with Gasteiger partial charge in [0.2, 0.25) is 0 Å². The van der Waals surface area contributed by atoms with E-state index in [-0.39, 0.29) is 10.7 Å². The molecule has 1 aliphatic rings. The standard InChI is InChI=1S/C19H13FN2O2S/c20-14-9-11-15(12-10-14)22-18(24)16(17(23)21-19(22)25)8-4-7-13-5-2-1-3-6-13/h1-12H,(H,21,23,25). The Labute approximate surface area is 149 Å². The van der Waals surface area contributed by atoms with Gasteiger partial charge in [-0.05, 0) is 48.1 Å². The highest BCUT2D eigenvalue weighted by Crippen LogP contribution is 2.21. The van der Waals surface area contributed by atoms with Crippen LogP contribution in [-0.4, -0.2) is 16.9 Å². The van der Waals surface area contributed by atoms with Gasteiger partial charge in [0, 0.05) is 0 Å². The number of amides is 2. The van der Waals surface area contributed by atoms with Crippen LogP contribution in [0.1, 0.15) is 5.56 Å². The van der Waals surface area contributed by atoms with Crippen molar-refractivity contribution in [2.24, 2.45) is 0 Å². The minimum atomic E-state index is -0.564. The van der Waals surface area contributed by atoms with E-state index in [0.717, 1.165) is 5.56 Å². The molecule has 1 N–H and O–H groups in total. The van der Waals surface area contributed by atoms with Crippen molar-refractivity contribution >= 4 is 40.9 Å². The van der Waals surface area contributed by atoms with E-state index in [9.17, 15) is 14.0 Å². The van der Waals surface area contributed by atoms with Crippen LogP contribution in [0, 0.1) is 5.82 Å². The predicted molar refractivity (Wildman–Crippen MR) is 98.2 cm³/mol. The smallest absolute Gasteiger partial charge is 0.270 e. The van der Waals surface area contributed by atoms with E-state index in [1.807, 2.05) is 30.3 Å². The first-order valence-corrected chi connectivity index (χ1v) is 7.86. The Kier molecular flexibility index (Phi) is 4.81. The maximum atomic E-state index is 13.1. The largest absolute Gasteiger partial charge is 0.298 e. The van der Waals surface area contributed by atoms with Crippen LogP contribution in [-0.2, 0) is 9.59 Å². The lowest BCUT2D eigenvalue weighted by Gasteiger charge is -2.28. The van der Waals surface area contributed by atoms with Gasteiger partial charge in [-0.1, -0.05) is 42.5 Å². The van der Waals surface area contributed by atoms with Crippen molar-refractivity contribution in [3.63, 3.8) is 0 Å². The van der Waals surface area contributed by atoms with Crippen LogP contribution in [0.25, 0.3) is 6.08 Å². The number of thiocarbonyl (C=S) groups is 1. The molecule has 0 radical (unpaired) electrons. The highest BCUT2D eigenvalue weighted by Gasteiger charge is 2.33. The summed E-state index contributed by atoms with van der Waals surface area (Å²) >= 11 is 5.07. The van der Waals surface area contributed by atoms with Crippen LogP contribution in [0.5, 0.6) is 0 Å². The summed E-state index contributed by atoms with van der Waals surface area (Å²) in [7, 11) is 0. The summed E-state index contributed by atoms with van der Waals surface area (Å²) in [6.45, 7) is 0. The Morgan fingerprint density at radius 3 is 2.36 bits per heavy atom. The van der Waals surface area contributed by atoms with E-state index in [0.29, 0.717) is 5.69 Å². The highest BCUT2D eigenvalue weighted by atomic mass is 32.1. The molecule has 0 bridgehead atoms. The van der Waals surface area contributed by atoms with Crippen molar-refractivity contribution in [3.8, 4) is 0 Å². The Hall–Kier alpha value is -3.12. The topological polar surface area (TPSA) is 49.4 Å².